The fourth-order valence-corrected chi connectivity index (χ4v) is 2.79. The Bertz CT molecular complexity index is 338. The molecule has 0 saturated carbocycles. The van der Waals surface area contributed by atoms with E-state index in [2.05, 4.69) is 28.4 Å². The largest absolute Gasteiger partial charge is 0.339 e. The molecule has 2 N–H and O–H groups in total. The van der Waals surface area contributed by atoms with E-state index in [9.17, 15) is 4.79 Å². The Labute approximate surface area is 123 Å². The minimum atomic E-state index is -0.483. The van der Waals surface area contributed by atoms with E-state index in [-0.39, 0.29) is 5.91 Å². The van der Waals surface area contributed by atoms with Crippen LogP contribution in [0.25, 0.3) is 0 Å². The molecule has 1 heterocycles. The van der Waals surface area contributed by atoms with Crippen LogP contribution < -0.4 is 10.6 Å². The summed E-state index contributed by atoms with van der Waals surface area (Å²) in [7, 11) is 0. The molecule has 114 valence electrons. The van der Waals surface area contributed by atoms with Crippen LogP contribution in [0.5, 0.6) is 0 Å². The molecule has 0 bridgehead atoms. The van der Waals surface area contributed by atoms with Gasteiger partial charge in [-0.2, -0.15) is 0 Å². The third-order valence-electron chi connectivity index (χ3n) is 4.27. The van der Waals surface area contributed by atoms with Crippen LogP contribution in [-0.4, -0.2) is 48.6 Å². The van der Waals surface area contributed by atoms with Crippen LogP contribution in [0.3, 0.4) is 0 Å². The maximum absolute atomic E-state index is 12.3. The lowest BCUT2D eigenvalue weighted by Gasteiger charge is -2.31. The first-order chi connectivity index (χ1) is 9.60. The van der Waals surface area contributed by atoms with Crippen molar-refractivity contribution in [3.05, 3.63) is 0 Å². The number of nitrogens with zero attached hydrogens (tertiary/aromatic N) is 1. The summed E-state index contributed by atoms with van der Waals surface area (Å²) in [4.78, 5) is 14.6. The molecule has 0 aromatic carbocycles. The molecule has 1 amide bonds. The van der Waals surface area contributed by atoms with Crippen LogP contribution in [-0.2, 0) is 4.79 Å². The fraction of sp³-hybridized carbons (Fsp3) is 0.812. The average Bonchev–Trinajstić information content (AvgIpc) is 2.98. The van der Waals surface area contributed by atoms with Crippen molar-refractivity contribution in [3.63, 3.8) is 0 Å². The highest BCUT2D eigenvalue weighted by atomic mass is 16.2. The summed E-state index contributed by atoms with van der Waals surface area (Å²) in [6.07, 6.45) is 9.32. The Hall–Kier alpha value is -1.05. The highest BCUT2D eigenvalue weighted by Gasteiger charge is 2.28. The van der Waals surface area contributed by atoms with E-state index in [4.69, 9.17) is 6.42 Å². The second-order valence-electron chi connectivity index (χ2n) is 5.60. The van der Waals surface area contributed by atoms with E-state index in [1.807, 2.05) is 13.8 Å². The molecule has 1 fully saturated rings. The predicted molar refractivity (Wildman–Crippen MR) is 83.4 cm³/mol. The van der Waals surface area contributed by atoms with E-state index >= 15 is 0 Å². The lowest BCUT2D eigenvalue weighted by molar-refractivity contribution is -0.124. The minimum absolute atomic E-state index is 0.0481. The van der Waals surface area contributed by atoms with Gasteiger partial charge < -0.3 is 10.6 Å². The SMILES string of the molecule is C#CC(CC)(CC)NC(=O)CN(CCC)C1CCNC1. The molecular weight excluding hydrogens is 250 g/mol. The molecule has 4 nitrogen and oxygen atoms in total. The van der Waals surface area contributed by atoms with Crippen LogP contribution in [0.4, 0.5) is 0 Å². The van der Waals surface area contributed by atoms with E-state index in [0.717, 1.165) is 45.3 Å². The molecule has 0 aromatic rings. The molecule has 0 aliphatic carbocycles. The van der Waals surface area contributed by atoms with Gasteiger partial charge in [-0.05, 0) is 38.8 Å². The van der Waals surface area contributed by atoms with Gasteiger partial charge in [-0.25, -0.2) is 0 Å². The quantitative estimate of drug-likeness (QED) is 0.660. The van der Waals surface area contributed by atoms with Crippen molar-refractivity contribution in [2.75, 3.05) is 26.2 Å². The lowest BCUT2D eigenvalue weighted by atomic mass is 9.94. The van der Waals surface area contributed by atoms with Gasteiger partial charge in [-0.3, -0.25) is 9.69 Å². The number of rotatable bonds is 8. The number of carbonyl (C=O) groups excluding carboxylic acids is 1. The van der Waals surface area contributed by atoms with Crippen molar-refractivity contribution in [1.82, 2.24) is 15.5 Å². The molecule has 1 unspecified atom stereocenters. The first-order valence-corrected chi connectivity index (χ1v) is 7.84. The van der Waals surface area contributed by atoms with Gasteiger partial charge in [0.15, 0.2) is 0 Å². The second-order valence-corrected chi connectivity index (χ2v) is 5.60. The average molecular weight is 279 g/mol. The zero-order chi connectivity index (χ0) is 15.0. The van der Waals surface area contributed by atoms with Crippen molar-refractivity contribution >= 4 is 5.91 Å². The molecule has 0 radical (unpaired) electrons. The molecule has 0 aromatic heterocycles. The van der Waals surface area contributed by atoms with E-state index in [0.29, 0.717) is 12.6 Å². The molecule has 20 heavy (non-hydrogen) atoms. The number of nitrogens with one attached hydrogen (secondary N) is 2. The lowest BCUT2D eigenvalue weighted by Crippen LogP contribution is -2.51. The zero-order valence-electron chi connectivity index (χ0n) is 13.2. The summed E-state index contributed by atoms with van der Waals surface area (Å²) >= 11 is 0. The Morgan fingerprint density at radius 2 is 2.15 bits per heavy atom. The van der Waals surface area contributed by atoms with E-state index in [1.54, 1.807) is 0 Å². The maximum Gasteiger partial charge on any atom is 0.235 e. The Kier molecular flexibility index (Phi) is 7.04. The van der Waals surface area contributed by atoms with Gasteiger partial charge in [0, 0.05) is 12.6 Å². The van der Waals surface area contributed by atoms with Gasteiger partial charge >= 0.3 is 0 Å². The number of carbonyl (C=O) groups is 1. The predicted octanol–water partition coefficient (Wildman–Crippen LogP) is 1.37. The van der Waals surface area contributed by atoms with Gasteiger partial charge in [0.2, 0.25) is 5.91 Å². The molecule has 1 aliphatic heterocycles. The highest BCUT2D eigenvalue weighted by Crippen LogP contribution is 2.14. The van der Waals surface area contributed by atoms with Gasteiger partial charge in [0.1, 0.15) is 5.54 Å². The Morgan fingerprint density at radius 1 is 1.45 bits per heavy atom. The summed E-state index contributed by atoms with van der Waals surface area (Å²) in [5.74, 6) is 2.81. The summed E-state index contributed by atoms with van der Waals surface area (Å²) in [5.41, 5.74) is -0.483. The molecule has 1 aliphatic rings. The van der Waals surface area contributed by atoms with Crippen LogP contribution in [0, 0.1) is 12.3 Å². The highest BCUT2D eigenvalue weighted by molar-refractivity contribution is 5.79. The van der Waals surface area contributed by atoms with Crippen molar-refractivity contribution in [2.24, 2.45) is 0 Å². The van der Waals surface area contributed by atoms with Crippen LogP contribution >= 0.6 is 0 Å². The van der Waals surface area contributed by atoms with Gasteiger partial charge in [0.25, 0.3) is 0 Å². The van der Waals surface area contributed by atoms with E-state index in [1.165, 1.54) is 0 Å². The first-order valence-electron chi connectivity index (χ1n) is 7.84. The first kappa shape index (κ1) is 17.0. The molecular formula is C16H29N3O. The molecule has 1 atom stereocenters. The maximum atomic E-state index is 12.3. The zero-order valence-corrected chi connectivity index (χ0v) is 13.2. The van der Waals surface area contributed by atoms with Gasteiger partial charge in [-0.15, -0.1) is 6.42 Å². The molecule has 1 saturated heterocycles. The fourth-order valence-electron chi connectivity index (χ4n) is 2.79. The van der Waals surface area contributed by atoms with Crippen LogP contribution in [0.2, 0.25) is 0 Å². The molecule has 0 spiro atoms. The summed E-state index contributed by atoms with van der Waals surface area (Å²) in [6.45, 7) is 9.63. The van der Waals surface area contributed by atoms with Crippen LogP contribution in [0.15, 0.2) is 0 Å². The molecule has 4 heteroatoms. The van der Waals surface area contributed by atoms with E-state index < -0.39 is 5.54 Å². The van der Waals surface area contributed by atoms with Gasteiger partial charge in [-0.1, -0.05) is 26.7 Å². The topological polar surface area (TPSA) is 44.4 Å². The van der Waals surface area contributed by atoms with Crippen molar-refractivity contribution < 1.29 is 4.79 Å². The Balaban J connectivity index is 2.59. The standard InChI is InChI=1S/C16H29N3O/c1-5-11-19(14-9-10-17-12-14)13-15(20)18-16(6-2,7-3)8-4/h2,14,17H,5,7-13H2,1,3-4H3,(H,18,20). The summed E-state index contributed by atoms with van der Waals surface area (Å²) < 4.78 is 0. The third kappa shape index (κ3) is 4.50. The number of amides is 1. The van der Waals surface area contributed by atoms with Crippen LogP contribution in [0.1, 0.15) is 46.5 Å². The van der Waals surface area contributed by atoms with Crippen molar-refractivity contribution in [3.8, 4) is 12.3 Å². The summed E-state index contributed by atoms with van der Waals surface area (Å²) in [6, 6.07) is 0.476. The Morgan fingerprint density at radius 3 is 2.60 bits per heavy atom. The normalized spacial score (nSPS) is 19.1. The van der Waals surface area contributed by atoms with Crippen molar-refractivity contribution in [1.29, 1.82) is 0 Å². The number of hydrogen-bond acceptors (Lipinski definition) is 3. The van der Waals surface area contributed by atoms with Gasteiger partial charge in [0.05, 0.1) is 6.54 Å². The third-order valence-corrected chi connectivity index (χ3v) is 4.27. The second kappa shape index (κ2) is 8.28. The smallest absolute Gasteiger partial charge is 0.235 e. The minimum Gasteiger partial charge on any atom is -0.339 e. The number of terminal acetylenes is 1. The summed E-state index contributed by atoms with van der Waals surface area (Å²) in [5, 5.41) is 6.42. The number of hydrogen-bond donors (Lipinski definition) is 2. The molecule has 1 rings (SSSR count). The van der Waals surface area contributed by atoms with Crippen molar-refractivity contribution in [2.45, 2.75) is 58.0 Å². The monoisotopic (exact) mass is 279 g/mol.